The van der Waals surface area contributed by atoms with Gasteiger partial charge in [-0.1, -0.05) is 39.3 Å². The van der Waals surface area contributed by atoms with Gasteiger partial charge in [0.15, 0.2) is 36.5 Å². The third-order valence-electron chi connectivity index (χ3n) is 21.0. The number of hydrogen-bond acceptors (Lipinski definition) is 28. The average molecular weight is 1260 g/mol. The molecule has 9 aliphatic rings. The molecule has 3 saturated carbocycles. The number of carbonyl (C=O) groups is 3. The Hall–Kier alpha value is -1.54. The van der Waals surface area contributed by atoms with E-state index in [9.17, 15) is 78.4 Å². The molecular weight excluding hydrogens is 1180 g/mol. The van der Waals surface area contributed by atoms with Crippen molar-refractivity contribution in [1.82, 2.24) is 0 Å². The molecular formula is C56H87NaO28S. The van der Waals surface area contributed by atoms with Gasteiger partial charge in [0.25, 0.3) is 0 Å². The number of fused-ring (bicyclic) bond motifs is 4. The van der Waals surface area contributed by atoms with Gasteiger partial charge in [0, 0.05) is 26.4 Å². The van der Waals surface area contributed by atoms with E-state index in [1.807, 2.05) is 26.8 Å². The summed E-state index contributed by atoms with van der Waals surface area (Å²) in [5.74, 6) is -2.38. The zero-order chi connectivity index (χ0) is 62.6. The van der Waals surface area contributed by atoms with E-state index >= 15 is 0 Å². The maximum Gasteiger partial charge on any atom is 1.00 e. The fourth-order valence-electron chi connectivity index (χ4n) is 16.6. The Morgan fingerprint density at radius 3 is 1.90 bits per heavy atom. The minimum Gasteiger partial charge on any atom is -0.726 e. The Labute approximate surface area is 521 Å². The number of cyclic esters (lactones) is 1. The molecule has 0 aromatic heterocycles. The number of rotatable bonds is 18. The minimum atomic E-state index is -5.46. The van der Waals surface area contributed by atoms with Crippen molar-refractivity contribution in [3.8, 4) is 0 Å². The van der Waals surface area contributed by atoms with Crippen LogP contribution in [0.4, 0.5) is 0 Å². The van der Waals surface area contributed by atoms with Gasteiger partial charge in [-0.3, -0.25) is 18.6 Å². The van der Waals surface area contributed by atoms with Crippen molar-refractivity contribution in [2.24, 2.45) is 39.4 Å². The summed E-state index contributed by atoms with van der Waals surface area (Å²) in [6.07, 6.45) is -29.7. The van der Waals surface area contributed by atoms with E-state index in [2.05, 4.69) is 11.1 Å². The summed E-state index contributed by atoms with van der Waals surface area (Å²) < 4.78 is 105. The van der Waals surface area contributed by atoms with Crippen LogP contribution in [0.2, 0.25) is 0 Å². The van der Waals surface area contributed by atoms with E-state index in [0.29, 0.717) is 38.5 Å². The van der Waals surface area contributed by atoms with Crippen LogP contribution in [-0.2, 0) is 81.1 Å². The molecule has 0 bridgehead atoms. The van der Waals surface area contributed by atoms with Crippen molar-refractivity contribution in [3.63, 3.8) is 0 Å². The smallest absolute Gasteiger partial charge is 0.726 e. The van der Waals surface area contributed by atoms with Gasteiger partial charge in [0.1, 0.15) is 96.5 Å². The molecule has 10 unspecified atom stereocenters. The summed E-state index contributed by atoms with van der Waals surface area (Å²) in [4.78, 5) is 40.6. The predicted molar refractivity (Wildman–Crippen MR) is 282 cm³/mol. The van der Waals surface area contributed by atoms with Crippen molar-refractivity contribution >= 4 is 28.1 Å². The number of allylic oxidation sites excluding steroid dienone is 1. The van der Waals surface area contributed by atoms with Crippen LogP contribution in [0.25, 0.3) is 0 Å². The standard InChI is InChI=1S/C56H88O28S.Na/c1-23-42(79-48-41(68)44(36(63)28(21-58)77-48)80-47-40(67)43(73-10)35(62)27(20-57)76-47)38(65)39(66)46(75-23)81-45-37(64)29(84-85(70,71)72)22-74-49(45)78-34-15-17-53(7)26-19-33(61)56-31(13-18-54(56,8)25(26)11-12-30(53)52(34,5)6)55(9,83-50(56)69)32(60)14-16-51(3,4)82-24(2)59;/h19,23,25,27-31,33-49,57-58,61-68H,11-18,20-22H2,1-10H3,(H,70,71,72);/q;+1/p-1/t23?,25?,27?,28?,29-,30?,31-,33+,34+,35-,36-,37-,38+,39?,40?,41?,42-,43-,44-,45?,46+,47+,48+,49+,53-,54+,55-,56?;/m1./s1. The average Bonchev–Trinajstić information content (AvgIpc) is 1.44. The van der Waals surface area contributed by atoms with E-state index in [1.165, 1.54) is 21.0 Å². The SMILES string of the molecule is CO[C@H]1C(O)[C@H](O[C@H]2C(O)[C@H](O[C@@H]3C(C)O[C@@H](OC4[C@H](O[C@H]5CC[C@]6(C)C7=C[C@H](O)C89C(=O)O[C@@](C)(C(=O)CCC(C)(C)OC(C)=O)[C@H]8CC[C@@]9(C)C7CCC6C5(C)C)OC[C@@H](OS(=O)(=O)[O-])[C@H]4O)C(O)[C@@H]3O)OC(CO)[C@H]2O)OC(CO)[C@H]1O.[Na+]. The third kappa shape index (κ3) is 12.1. The van der Waals surface area contributed by atoms with Crippen molar-refractivity contribution in [3.05, 3.63) is 11.6 Å². The number of Topliss-reactive ketones (excluding diaryl/α,β-unsaturated/α-hetero) is 1. The molecule has 9 rings (SSSR count). The van der Waals surface area contributed by atoms with Gasteiger partial charge < -0.3 is 108 Å². The summed E-state index contributed by atoms with van der Waals surface area (Å²) >= 11 is 0. The quantitative estimate of drug-likeness (QED) is 0.0153. The molecule has 486 valence electrons. The first-order chi connectivity index (χ1) is 39.6. The molecule has 28 nitrogen and oxygen atoms in total. The van der Waals surface area contributed by atoms with Crippen LogP contribution in [0, 0.1) is 39.4 Å². The van der Waals surface area contributed by atoms with Crippen LogP contribution in [0.5, 0.6) is 0 Å². The summed E-state index contributed by atoms with van der Waals surface area (Å²) in [6, 6.07) is 0. The molecule has 30 heteroatoms. The van der Waals surface area contributed by atoms with E-state index in [4.69, 9.17) is 52.1 Å². The maximum atomic E-state index is 14.6. The van der Waals surface area contributed by atoms with E-state index < -0.39 is 210 Å². The second kappa shape index (κ2) is 25.7. The van der Waals surface area contributed by atoms with E-state index in [-0.39, 0.29) is 60.0 Å². The number of ether oxygens (including phenoxy) is 11. The molecule has 0 radical (unpaired) electrons. The molecule has 8 fully saturated rings. The van der Waals surface area contributed by atoms with Crippen LogP contribution < -0.4 is 29.6 Å². The van der Waals surface area contributed by atoms with Crippen LogP contribution >= 0.6 is 0 Å². The summed E-state index contributed by atoms with van der Waals surface area (Å²) in [7, 11) is -4.28. The number of aliphatic hydroxyl groups excluding tert-OH is 10. The number of ketones is 1. The zero-order valence-corrected chi connectivity index (χ0v) is 53.3. The fraction of sp³-hybridized carbons (Fsp3) is 0.911. The molecule has 4 aliphatic carbocycles. The van der Waals surface area contributed by atoms with Gasteiger partial charge >= 0.3 is 41.5 Å². The first-order valence-electron chi connectivity index (χ1n) is 29.3. The van der Waals surface area contributed by atoms with Crippen molar-refractivity contribution in [2.75, 3.05) is 26.9 Å². The second-order valence-corrected chi connectivity index (χ2v) is 27.7. The van der Waals surface area contributed by atoms with Gasteiger partial charge in [-0.15, -0.1) is 0 Å². The zero-order valence-electron chi connectivity index (χ0n) is 50.4. The topological polar surface area (TPSA) is 421 Å². The van der Waals surface area contributed by atoms with E-state index in [0.717, 1.165) is 5.57 Å². The minimum absolute atomic E-state index is 0. The number of hydrogen-bond donors (Lipinski definition) is 10. The Morgan fingerprint density at radius 1 is 0.721 bits per heavy atom. The largest absolute Gasteiger partial charge is 1.00 e. The molecule has 10 N–H and O–H groups in total. The molecule has 5 aliphatic heterocycles. The molecule has 5 saturated heterocycles. The third-order valence-corrected chi connectivity index (χ3v) is 21.5. The number of carbonyl (C=O) groups excluding carboxylic acids is 3. The van der Waals surface area contributed by atoms with Crippen LogP contribution in [0.15, 0.2) is 11.6 Å². The Bertz CT molecular complexity index is 2600. The number of esters is 2. The predicted octanol–water partition coefficient (Wildman–Crippen LogP) is -4.98. The Morgan fingerprint density at radius 2 is 1.30 bits per heavy atom. The summed E-state index contributed by atoms with van der Waals surface area (Å²) in [5.41, 5.74) is -5.03. The first kappa shape index (κ1) is 70.3. The van der Waals surface area contributed by atoms with Gasteiger partial charge in [-0.25, -0.2) is 8.42 Å². The maximum absolute atomic E-state index is 14.6. The molecule has 1 spiro atoms. The molecule has 86 heavy (non-hydrogen) atoms. The normalized spacial score (nSPS) is 48.3. The summed E-state index contributed by atoms with van der Waals surface area (Å²) in [6.45, 7) is 13.6. The van der Waals surface area contributed by atoms with Crippen molar-refractivity contribution in [2.45, 2.75) is 254 Å². The van der Waals surface area contributed by atoms with Crippen molar-refractivity contribution < 1.29 is 164 Å². The summed E-state index contributed by atoms with van der Waals surface area (Å²) in [5, 5.41) is 112. The molecule has 0 aromatic carbocycles. The Balaban J connectivity index is 0.00000961. The molecule has 0 aromatic rings. The van der Waals surface area contributed by atoms with Gasteiger partial charge in [-0.05, 0) is 101 Å². The molecule has 5 heterocycles. The first-order valence-corrected chi connectivity index (χ1v) is 30.6. The second-order valence-electron chi connectivity index (χ2n) is 26.6. The van der Waals surface area contributed by atoms with Crippen LogP contribution in [-0.4, -0.2) is 249 Å². The van der Waals surface area contributed by atoms with Gasteiger partial charge in [0.2, 0.25) is 10.4 Å². The van der Waals surface area contributed by atoms with Crippen molar-refractivity contribution in [1.29, 1.82) is 0 Å². The van der Waals surface area contributed by atoms with E-state index in [1.54, 1.807) is 20.8 Å². The van der Waals surface area contributed by atoms with Gasteiger partial charge in [0.05, 0.1) is 38.1 Å². The van der Waals surface area contributed by atoms with Crippen LogP contribution in [0.3, 0.4) is 0 Å². The molecule has 0 amide bonds. The van der Waals surface area contributed by atoms with Gasteiger partial charge in [-0.2, -0.15) is 0 Å². The molecule has 28 atom stereocenters. The number of aliphatic hydroxyl groups is 10. The monoisotopic (exact) mass is 1260 g/mol. The fourth-order valence-corrected chi connectivity index (χ4v) is 17.1. The number of methoxy groups -OCH3 is 1. The van der Waals surface area contributed by atoms with Crippen LogP contribution in [0.1, 0.15) is 114 Å². The Kier molecular flexibility index (Phi) is 21.1.